The van der Waals surface area contributed by atoms with Crippen LogP contribution in [0.1, 0.15) is 18.7 Å². The van der Waals surface area contributed by atoms with Crippen LogP contribution in [0, 0.1) is 0 Å². The van der Waals surface area contributed by atoms with E-state index in [0.717, 1.165) is 0 Å². The van der Waals surface area contributed by atoms with Crippen LogP contribution in [-0.4, -0.2) is 32.3 Å². The maximum Gasteiger partial charge on any atom is 0.333 e. The van der Waals surface area contributed by atoms with E-state index < -0.39 is 17.5 Å². The lowest BCUT2D eigenvalue weighted by atomic mass is 9.98. The number of aliphatic hydroxyl groups excluding tert-OH is 1. The Labute approximate surface area is 74.4 Å². The summed E-state index contributed by atoms with van der Waals surface area (Å²) in [5.41, 5.74) is -0.657. The molecule has 0 amide bonds. The molecule has 5 nitrogen and oxygen atoms in total. The molecule has 0 bridgehead atoms. The molecule has 70 valence electrons. The molecule has 0 radical (unpaired) electrons. The summed E-state index contributed by atoms with van der Waals surface area (Å²) in [4.78, 5) is 17.4. The molecule has 5 heteroatoms. The molecular weight excluding hydrogens is 172 g/mol. The first-order chi connectivity index (χ1) is 6.17. The Morgan fingerprint density at radius 2 is 2.38 bits per heavy atom. The average molecular weight is 182 g/mol. The Morgan fingerprint density at radius 1 is 1.69 bits per heavy atom. The van der Waals surface area contributed by atoms with Crippen LogP contribution in [0.15, 0.2) is 12.4 Å². The van der Waals surface area contributed by atoms with E-state index in [1.54, 1.807) is 12.4 Å². The standard InChI is InChI=1S/C8H10N2O3/c11-5(6(12)13)8(1-2-8)7-9-3-4-10-7/h3-5,11H,1-2H2,(H,9,10)(H,12,13). The number of H-pyrrole nitrogens is 1. The number of carbonyl (C=O) groups is 1. The van der Waals surface area contributed by atoms with Crippen LogP contribution in [0.3, 0.4) is 0 Å². The minimum Gasteiger partial charge on any atom is -0.479 e. The van der Waals surface area contributed by atoms with E-state index in [0.29, 0.717) is 18.7 Å². The lowest BCUT2D eigenvalue weighted by Gasteiger charge is -2.15. The van der Waals surface area contributed by atoms with Gasteiger partial charge in [-0.15, -0.1) is 0 Å². The highest BCUT2D eigenvalue weighted by Crippen LogP contribution is 2.49. The molecule has 1 unspecified atom stereocenters. The molecule has 1 heterocycles. The van der Waals surface area contributed by atoms with E-state index in [4.69, 9.17) is 5.11 Å². The first-order valence-electron chi connectivity index (χ1n) is 4.07. The second kappa shape index (κ2) is 2.56. The van der Waals surface area contributed by atoms with Crippen LogP contribution in [0.4, 0.5) is 0 Å². The molecule has 2 rings (SSSR count). The maximum absolute atomic E-state index is 10.6. The molecule has 0 aromatic carbocycles. The Kier molecular flexibility index (Phi) is 1.63. The van der Waals surface area contributed by atoms with Crippen LogP contribution in [0.5, 0.6) is 0 Å². The molecule has 0 saturated heterocycles. The SMILES string of the molecule is O=C(O)C(O)C1(c2ncc[nH]2)CC1. The summed E-state index contributed by atoms with van der Waals surface area (Å²) in [6, 6.07) is 0. The van der Waals surface area contributed by atoms with Gasteiger partial charge in [0.25, 0.3) is 0 Å². The number of hydrogen-bond acceptors (Lipinski definition) is 3. The first-order valence-corrected chi connectivity index (χ1v) is 4.07. The van der Waals surface area contributed by atoms with E-state index >= 15 is 0 Å². The molecule has 1 aliphatic carbocycles. The van der Waals surface area contributed by atoms with Crippen molar-refractivity contribution < 1.29 is 15.0 Å². The van der Waals surface area contributed by atoms with Gasteiger partial charge >= 0.3 is 5.97 Å². The largest absolute Gasteiger partial charge is 0.479 e. The summed E-state index contributed by atoms with van der Waals surface area (Å²) >= 11 is 0. The van der Waals surface area contributed by atoms with E-state index in [1.165, 1.54) is 0 Å². The smallest absolute Gasteiger partial charge is 0.333 e. The summed E-state index contributed by atoms with van der Waals surface area (Å²) in [6.45, 7) is 0. The van der Waals surface area contributed by atoms with Gasteiger partial charge in [0.05, 0.1) is 5.41 Å². The molecule has 1 saturated carbocycles. The molecule has 1 aliphatic rings. The normalized spacial score (nSPS) is 21.0. The average Bonchev–Trinajstić information content (AvgIpc) is 2.72. The van der Waals surface area contributed by atoms with Crippen molar-refractivity contribution in [3.63, 3.8) is 0 Å². The van der Waals surface area contributed by atoms with Gasteiger partial charge < -0.3 is 15.2 Å². The van der Waals surface area contributed by atoms with Gasteiger partial charge in [0.15, 0.2) is 6.10 Å². The van der Waals surface area contributed by atoms with Gasteiger partial charge in [0.1, 0.15) is 5.82 Å². The van der Waals surface area contributed by atoms with Crippen molar-refractivity contribution in [2.75, 3.05) is 0 Å². The Hall–Kier alpha value is -1.36. The van der Waals surface area contributed by atoms with Crippen LogP contribution in [0.2, 0.25) is 0 Å². The number of imidazole rings is 1. The zero-order valence-corrected chi connectivity index (χ0v) is 6.90. The van der Waals surface area contributed by atoms with Crippen molar-refractivity contribution in [2.24, 2.45) is 0 Å². The topological polar surface area (TPSA) is 86.2 Å². The first kappa shape index (κ1) is 8.25. The highest BCUT2D eigenvalue weighted by atomic mass is 16.4. The summed E-state index contributed by atoms with van der Waals surface area (Å²) in [5.74, 6) is -0.615. The minimum absolute atomic E-state index is 0.572. The molecule has 1 aromatic rings. The van der Waals surface area contributed by atoms with Crippen molar-refractivity contribution >= 4 is 5.97 Å². The number of rotatable bonds is 3. The number of nitrogens with one attached hydrogen (secondary N) is 1. The second-order valence-corrected chi connectivity index (χ2v) is 3.33. The number of nitrogens with zero attached hydrogens (tertiary/aromatic N) is 1. The Morgan fingerprint density at radius 3 is 2.77 bits per heavy atom. The third-order valence-electron chi connectivity index (χ3n) is 2.52. The van der Waals surface area contributed by atoms with Crippen molar-refractivity contribution in [3.8, 4) is 0 Å². The van der Waals surface area contributed by atoms with Crippen LogP contribution in [-0.2, 0) is 10.2 Å². The quantitative estimate of drug-likeness (QED) is 0.608. The molecule has 13 heavy (non-hydrogen) atoms. The fourth-order valence-corrected chi connectivity index (χ4v) is 1.55. The monoisotopic (exact) mass is 182 g/mol. The molecule has 0 spiro atoms. The van der Waals surface area contributed by atoms with E-state index in [1.807, 2.05) is 0 Å². The maximum atomic E-state index is 10.6. The predicted molar refractivity (Wildman–Crippen MR) is 43.1 cm³/mol. The van der Waals surface area contributed by atoms with Crippen molar-refractivity contribution in [1.29, 1.82) is 0 Å². The third kappa shape index (κ3) is 1.12. The van der Waals surface area contributed by atoms with Gasteiger partial charge in [0, 0.05) is 12.4 Å². The lowest BCUT2D eigenvalue weighted by molar-refractivity contribution is -0.148. The zero-order valence-electron chi connectivity index (χ0n) is 6.90. The fraction of sp³-hybridized carbons (Fsp3) is 0.500. The summed E-state index contributed by atoms with van der Waals surface area (Å²) in [7, 11) is 0. The number of hydrogen-bond donors (Lipinski definition) is 3. The highest BCUT2D eigenvalue weighted by molar-refractivity contribution is 5.75. The number of aromatic amines is 1. The molecule has 1 atom stereocenters. The summed E-state index contributed by atoms with van der Waals surface area (Å²) in [6.07, 6.45) is 3.19. The van der Waals surface area contributed by atoms with Gasteiger partial charge in [-0.1, -0.05) is 0 Å². The van der Waals surface area contributed by atoms with Gasteiger partial charge in [0.2, 0.25) is 0 Å². The highest BCUT2D eigenvalue weighted by Gasteiger charge is 2.55. The van der Waals surface area contributed by atoms with Crippen molar-refractivity contribution in [2.45, 2.75) is 24.4 Å². The molecule has 3 N–H and O–H groups in total. The van der Waals surface area contributed by atoms with Gasteiger partial charge in [-0.2, -0.15) is 0 Å². The van der Waals surface area contributed by atoms with Crippen molar-refractivity contribution in [1.82, 2.24) is 9.97 Å². The van der Waals surface area contributed by atoms with E-state index in [2.05, 4.69) is 9.97 Å². The zero-order chi connectivity index (χ0) is 9.47. The van der Waals surface area contributed by atoms with Gasteiger partial charge in [-0.25, -0.2) is 9.78 Å². The van der Waals surface area contributed by atoms with Crippen molar-refractivity contribution in [3.05, 3.63) is 18.2 Å². The Balaban J connectivity index is 2.27. The van der Waals surface area contributed by atoms with Gasteiger partial charge in [-0.05, 0) is 12.8 Å². The Bertz CT molecular complexity index is 316. The number of aliphatic hydroxyl groups is 1. The molecule has 0 aliphatic heterocycles. The lowest BCUT2D eigenvalue weighted by Crippen LogP contribution is -2.34. The van der Waals surface area contributed by atoms with Crippen LogP contribution >= 0.6 is 0 Å². The minimum atomic E-state index is -1.35. The third-order valence-corrected chi connectivity index (χ3v) is 2.52. The van der Waals surface area contributed by atoms with E-state index in [9.17, 15) is 9.90 Å². The number of carboxylic acid groups (broad SMARTS) is 1. The van der Waals surface area contributed by atoms with Crippen LogP contribution < -0.4 is 0 Å². The summed E-state index contributed by atoms with van der Waals surface area (Å²) in [5, 5.41) is 18.1. The molecule has 1 fully saturated rings. The molecule has 1 aromatic heterocycles. The molecular formula is C8H10N2O3. The fourth-order valence-electron chi connectivity index (χ4n) is 1.55. The summed E-state index contributed by atoms with van der Waals surface area (Å²) < 4.78 is 0. The van der Waals surface area contributed by atoms with Crippen LogP contribution in [0.25, 0.3) is 0 Å². The number of aromatic nitrogens is 2. The predicted octanol–water partition coefficient (Wildman–Crippen LogP) is -0.113. The number of carboxylic acids is 1. The second-order valence-electron chi connectivity index (χ2n) is 3.33. The number of aliphatic carboxylic acids is 1. The van der Waals surface area contributed by atoms with Gasteiger partial charge in [-0.3, -0.25) is 0 Å². The van der Waals surface area contributed by atoms with E-state index in [-0.39, 0.29) is 0 Å².